The molecule has 2 aliphatic heterocycles. The fraction of sp³-hybridized carbons (Fsp3) is 0.500. The molecule has 3 nitrogen and oxygen atoms in total. The van der Waals surface area contributed by atoms with Gasteiger partial charge in [-0.3, -0.25) is 0 Å². The number of halogens is 1. The van der Waals surface area contributed by atoms with E-state index >= 15 is 0 Å². The maximum Gasteiger partial charge on any atom is 0.117 e. The van der Waals surface area contributed by atoms with Crippen molar-refractivity contribution in [1.29, 1.82) is 0 Å². The summed E-state index contributed by atoms with van der Waals surface area (Å²) in [5.41, 5.74) is 0.747. The van der Waals surface area contributed by atoms with Crippen molar-refractivity contribution in [2.24, 2.45) is 0 Å². The second kappa shape index (κ2) is 14.2. The Morgan fingerprint density at radius 1 is 0.694 bits per heavy atom. The van der Waals surface area contributed by atoms with Crippen molar-refractivity contribution in [1.82, 2.24) is 9.80 Å². The molecule has 0 aromatic heterocycles. The van der Waals surface area contributed by atoms with Gasteiger partial charge in [0.15, 0.2) is 0 Å². The molecule has 0 aliphatic carbocycles. The third kappa shape index (κ3) is 9.44. The first-order valence-corrected chi connectivity index (χ1v) is 13.2. The number of likely N-dealkylation sites (tertiary alicyclic amines) is 2. The zero-order chi connectivity index (χ0) is 25.7. The van der Waals surface area contributed by atoms with Crippen LogP contribution in [-0.2, 0) is 12.8 Å². The Kier molecular flexibility index (Phi) is 11.0. The first-order chi connectivity index (χ1) is 17.4. The minimum Gasteiger partial charge on any atom is -0.389 e. The van der Waals surface area contributed by atoms with Gasteiger partial charge in [0, 0.05) is 65.0 Å². The number of alkyl halides is 1. The Bertz CT molecular complexity index is 881. The Labute approximate surface area is 217 Å². The van der Waals surface area contributed by atoms with Crippen molar-refractivity contribution in [2.45, 2.75) is 62.6 Å². The van der Waals surface area contributed by atoms with E-state index in [0.717, 1.165) is 76.9 Å². The standard InChI is InChI=1S/C16H20FN.C16H21NO/c1-2-3-11-18-12-9-16(17,10-13-18)14-15-7-5-4-6-8-15;1-2-3-11-17-12-9-16(18,10-13-17)14-15-7-5-4-6-8-15/h1,4-8H,3,9-14H2;1,4-8,18H,3,9-14H2. The molecule has 36 heavy (non-hydrogen) atoms. The zero-order valence-corrected chi connectivity index (χ0v) is 21.5. The van der Waals surface area contributed by atoms with Crippen molar-refractivity contribution >= 4 is 0 Å². The van der Waals surface area contributed by atoms with Crippen LogP contribution in [0.15, 0.2) is 60.7 Å². The van der Waals surface area contributed by atoms with Crippen LogP contribution in [0.2, 0.25) is 0 Å². The van der Waals surface area contributed by atoms with Crippen LogP contribution in [0.1, 0.15) is 49.7 Å². The number of hydrogen-bond acceptors (Lipinski definition) is 3. The van der Waals surface area contributed by atoms with Gasteiger partial charge in [-0.05, 0) is 36.8 Å². The average molecular weight is 489 g/mol. The molecule has 2 aromatic rings. The largest absolute Gasteiger partial charge is 0.389 e. The predicted molar refractivity (Wildman–Crippen MR) is 147 cm³/mol. The van der Waals surface area contributed by atoms with Crippen molar-refractivity contribution in [3.05, 3.63) is 71.8 Å². The van der Waals surface area contributed by atoms with Crippen LogP contribution in [0.5, 0.6) is 0 Å². The van der Waals surface area contributed by atoms with Crippen molar-refractivity contribution in [3.8, 4) is 24.7 Å². The normalized spacial score (nSPS) is 19.3. The van der Waals surface area contributed by atoms with Crippen LogP contribution in [0.4, 0.5) is 4.39 Å². The first kappa shape index (κ1) is 27.9. The molecule has 4 heteroatoms. The van der Waals surface area contributed by atoms with E-state index in [4.69, 9.17) is 12.8 Å². The van der Waals surface area contributed by atoms with Gasteiger partial charge < -0.3 is 14.9 Å². The lowest BCUT2D eigenvalue weighted by Gasteiger charge is -2.38. The zero-order valence-electron chi connectivity index (χ0n) is 21.5. The van der Waals surface area contributed by atoms with E-state index in [1.165, 1.54) is 5.56 Å². The SMILES string of the molecule is C#CCCN1CCC(F)(Cc2ccccc2)CC1.C#CCCN1CCC(O)(Cc2ccccc2)CC1. The summed E-state index contributed by atoms with van der Waals surface area (Å²) in [6, 6.07) is 20.2. The van der Waals surface area contributed by atoms with E-state index in [-0.39, 0.29) is 0 Å². The van der Waals surface area contributed by atoms with Gasteiger partial charge in [0.05, 0.1) is 5.60 Å². The van der Waals surface area contributed by atoms with Crippen LogP contribution in [0.3, 0.4) is 0 Å². The molecule has 2 heterocycles. The first-order valence-electron chi connectivity index (χ1n) is 13.2. The summed E-state index contributed by atoms with van der Waals surface area (Å²) in [5.74, 6) is 5.31. The molecule has 0 spiro atoms. The molecule has 2 saturated heterocycles. The molecule has 0 amide bonds. The van der Waals surface area contributed by atoms with Crippen LogP contribution < -0.4 is 0 Å². The lowest BCUT2D eigenvalue weighted by molar-refractivity contribution is -0.0200. The highest BCUT2D eigenvalue weighted by molar-refractivity contribution is 5.18. The molecule has 192 valence electrons. The van der Waals surface area contributed by atoms with Gasteiger partial charge in [0.1, 0.15) is 5.67 Å². The van der Waals surface area contributed by atoms with Crippen LogP contribution in [-0.4, -0.2) is 65.4 Å². The number of hydrogen-bond donors (Lipinski definition) is 1. The van der Waals surface area contributed by atoms with E-state index in [1.54, 1.807) is 0 Å². The van der Waals surface area contributed by atoms with Crippen LogP contribution in [0, 0.1) is 24.7 Å². The van der Waals surface area contributed by atoms with Crippen molar-refractivity contribution < 1.29 is 9.50 Å². The van der Waals surface area contributed by atoms with E-state index in [0.29, 0.717) is 19.3 Å². The number of rotatable bonds is 8. The summed E-state index contributed by atoms with van der Waals surface area (Å²) in [6.45, 7) is 5.40. The average Bonchev–Trinajstić information content (AvgIpc) is 2.89. The summed E-state index contributed by atoms with van der Waals surface area (Å²) < 4.78 is 14.7. The molecule has 0 saturated carbocycles. The number of benzene rings is 2. The summed E-state index contributed by atoms with van der Waals surface area (Å²) >= 11 is 0. The lowest BCUT2D eigenvalue weighted by Crippen LogP contribution is -2.45. The van der Waals surface area contributed by atoms with E-state index < -0.39 is 11.3 Å². The third-order valence-corrected chi connectivity index (χ3v) is 7.42. The highest BCUT2D eigenvalue weighted by Crippen LogP contribution is 2.30. The molecular weight excluding hydrogens is 447 g/mol. The fourth-order valence-electron chi connectivity index (χ4n) is 5.11. The maximum absolute atomic E-state index is 14.7. The fourth-order valence-corrected chi connectivity index (χ4v) is 5.11. The highest BCUT2D eigenvalue weighted by atomic mass is 19.1. The number of nitrogens with zero attached hydrogens (tertiary/aromatic N) is 2. The van der Waals surface area contributed by atoms with E-state index in [2.05, 4.69) is 33.8 Å². The minimum atomic E-state index is -1.03. The van der Waals surface area contributed by atoms with Gasteiger partial charge >= 0.3 is 0 Å². The molecule has 4 rings (SSSR count). The number of terminal acetylenes is 2. The maximum atomic E-state index is 14.7. The predicted octanol–water partition coefficient (Wildman–Crippen LogP) is 5.14. The van der Waals surface area contributed by atoms with Gasteiger partial charge in [-0.15, -0.1) is 24.7 Å². The molecule has 0 bridgehead atoms. The number of aliphatic hydroxyl groups is 1. The van der Waals surface area contributed by atoms with Gasteiger partial charge in [0.25, 0.3) is 0 Å². The topological polar surface area (TPSA) is 26.7 Å². The highest BCUT2D eigenvalue weighted by Gasteiger charge is 2.34. The van der Waals surface area contributed by atoms with Gasteiger partial charge in [-0.2, -0.15) is 0 Å². The van der Waals surface area contributed by atoms with Gasteiger partial charge in [-0.1, -0.05) is 60.7 Å². The third-order valence-electron chi connectivity index (χ3n) is 7.42. The second-order valence-electron chi connectivity index (χ2n) is 10.3. The van der Waals surface area contributed by atoms with E-state index in [9.17, 15) is 9.50 Å². The smallest absolute Gasteiger partial charge is 0.117 e. The van der Waals surface area contributed by atoms with E-state index in [1.807, 2.05) is 48.5 Å². The quantitative estimate of drug-likeness (QED) is 0.522. The molecule has 0 atom stereocenters. The van der Waals surface area contributed by atoms with Crippen LogP contribution in [0.25, 0.3) is 0 Å². The molecule has 1 N–H and O–H groups in total. The molecular formula is C32H41FN2O. The lowest BCUT2D eigenvalue weighted by atomic mass is 9.85. The molecule has 2 aliphatic rings. The van der Waals surface area contributed by atoms with Crippen molar-refractivity contribution in [2.75, 3.05) is 39.3 Å². The Balaban J connectivity index is 0.000000201. The van der Waals surface area contributed by atoms with Crippen molar-refractivity contribution in [3.63, 3.8) is 0 Å². The summed E-state index contributed by atoms with van der Waals surface area (Å²) in [7, 11) is 0. The molecule has 0 unspecified atom stereocenters. The molecule has 2 fully saturated rings. The summed E-state index contributed by atoms with van der Waals surface area (Å²) in [6.07, 6.45) is 16.3. The molecule has 2 aromatic carbocycles. The second-order valence-corrected chi connectivity index (χ2v) is 10.3. The Morgan fingerprint density at radius 2 is 1.11 bits per heavy atom. The minimum absolute atomic E-state index is 0.534. The van der Waals surface area contributed by atoms with Gasteiger partial charge in [0.2, 0.25) is 0 Å². The number of piperidine rings is 2. The summed E-state index contributed by atoms with van der Waals surface area (Å²) in [4.78, 5) is 4.61. The van der Waals surface area contributed by atoms with Gasteiger partial charge in [-0.25, -0.2) is 4.39 Å². The monoisotopic (exact) mass is 488 g/mol. The molecule has 0 radical (unpaired) electrons. The van der Waals surface area contributed by atoms with Crippen LogP contribution >= 0.6 is 0 Å². The Hall–Kier alpha value is -2.63. The summed E-state index contributed by atoms with van der Waals surface area (Å²) in [5, 5.41) is 10.6. The Morgan fingerprint density at radius 3 is 1.56 bits per heavy atom.